The number of carboxylic acids is 1. The molecule has 2 N–H and O–H groups in total. The Hall–Kier alpha value is -2.48. The van der Waals surface area contributed by atoms with Gasteiger partial charge in [0.15, 0.2) is 0 Å². The molecule has 0 fully saturated rings. The number of carbonyl (C=O) groups is 2. The molecule has 0 aromatic carbocycles. The van der Waals surface area contributed by atoms with Gasteiger partial charge in [0.2, 0.25) is 0 Å². The third-order valence-electron chi connectivity index (χ3n) is 2.22. The summed E-state index contributed by atoms with van der Waals surface area (Å²) < 4.78 is 1.03. The van der Waals surface area contributed by atoms with Gasteiger partial charge < -0.3 is 15.0 Å². The second kappa shape index (κ2) is 5.44. The number of hydrogen-bond acceptors (Lipinski definition) is 5. The minimum absolute atomic E-state index is 0.264. The van der Waals surface area contributed by atoms with Gasteiger partial charge in [0.05, 0.1) is 5.51 Å². The van der Waals surface area contributed by atoms with Crippen LogP contribution in [0, 0.1) is 0 Å². The van der Waals surface area contributed by atoms with Crippen LogP contribution < -0.4 is 10.9 Å². The zero-order valence-electron chi connectivity index (χ0n) is 9.57. The van der Waals surface area contributed by atoms with Crippen LogP contribution >= 0.6 is 11.3 Å². The summed E-state index contributed by atoms with van der Waals surface area (Å²) in [5.74, 6) is -1.53. The largest absolute Gasteiger partial charge is 0.480 e. The lowest BCUT2D eigenvalue weighted by Gasteiger charge is -2.05. The van der Waals surface area contributed by atoms with E-state index in [0.29, 0.717) is 5.69 Å². The molecule has 8 heteroatoms. The predicted octanol–water partition coefficient (Wildman–Crippen LogP) is 0.642. The van der Waals surface area contributed by atoms with E-state index in [4.69, 9.17) is 5.11 Å². The molecule has 2 aromatic heterocycles. The van der Waals surface area contributed by atoms with Crippen LogP contribution in [-0.4, -0.2) is 26.5 Å². The maximum Gasteiger partial charge on any atom is 0.323 e. The van der Waals surface area contributed by atoms with Crippen molar-refractivity contribution < 1.29 is 14.7 Å². The number of aromatic nitrogens is 2. The van der Waals surface area contributed by atoms with Gasteiger partial charge in [0.1, 0.15) is 12.2 Å². The highest BCUT2D eigenvalue weighted by Gasteiger charge is 2.09. The number of carboxylic acid groups (broad SMARTS) is 1. The van der Waals surface area contributed by atoms with Crippen LogP contribution in [-0.2, 0) is 11.3 Å². The summed E-state index contributed by atoms with van der Waals surface area (Å²) in [6.45, 7) is -0.418. The van der Waals surface area contributed by atoms with Crippen LogP contribution in [0.5, 0.6) is 0 Å². The van der Waals surface area contributed by atoms with E-state index in [-0.39, 0.29) is 5.69 Å². The average Bonchev–Trinajstić information content (AvgIpc) is 2.86. The van der Waals surface area contributed by atoms with Crippen LogP contribution in [0.25, 0.3) is 0 Å². The number of thiazole rings is 1. The lowest BCUT2D eigenvalue weighted by molar-refractivity contribution is -0.137. The first-order valence-electron chi connectivity index (χ1n) is 5.18. The molecule has 0 bridgehead atoms. The molecule has 0 aliphatic heterocycles. The number of pyridine rings is 1. The molecular formula is C11H9N3O4S. The molecule has 98 valence electrons. The fourth-order valence-corrected chi connectivity index (χ4v) is 1.91. The van der Waals surface area contributed by atoms with Crippen LogP contribution in [0.3, 0.4) is 0 Å². The Morgan fingerprint density at radius 1 is 1.47 bits per heavy atom. The van der Waals surface area contributed by atoms with Crippen LogP contribution in [0.1, 0.15) is 10.5 Å². The summed E-state index contributed by atoms with van der Waals surface area (Å²) in [6, 6.07) is 2.61. The van der Waals surface area contributed by atoms with Crippen LogP contribution in [0.4, 0.5) is 5.69 Å². The molecule has 2 heterocycles. The van der Waals surface area contributed by atoms with Crippen molar-refractivity contribution in [1.82, 2.24) is 9.55 Å². The highest BCUT2D eigenvalue weighted by molar-refractivity contribution is 7.07. The van der Waals surface area contributed by atoms with Crippen molar-refractivity contribution in [3.8, 4) is 0 Å². The Morgan fingerprint density at radius 2 is 2.26 bits per heavy atom. The minimum atomic E-state index is -1.11. The lowest BCUT2D eigenvalue weighted by atomic mass is 10.3. The van der Waals surface area contributed by atoms with E-state index in [1.54, 1.807) is 5.38 Å². The summed E-state index contributed by atoms with van der Waals surface area (Å²) >= 11 is 1.29. The van der Waals surface area contributed by atoms with Crippen molar-refractivity contribution in [2.24, 2.45) is 0 Å². The number of amides is 1. The van der Waals surface area contributed by atoms with Gasteiger partial charge >= 0.3 is 5.97 Å². The first-order chi connectivity index (χ1) is 9.06. The molecule has 7 nitrogen and oxygen atoms in total. The first kappa shape index (κ1) is 13.0. The fraction of sp³-hybridized carbons (Fsp3) is 0.0909. The second-order valence-corrected chi connectivity index (χ2v) is 4.32. The monoisotopic (exact) mass is 279 g/mol. The van der Waals surface area contributed by atoms with Crippen molar-refractivity contribution in [3.63, 3.8) is 0 Å². The predicted molar refractivity (Wildman–Crippen MR) is 68.4 cm³/mol. The topological polar surface area (TPSA) is 101 Å². The Morgan fingerprint density at radius 3 is 2.84 bits per heavy atom. The van der Waals surface area contributed by atoms with Gasteiger partial charge in [-0.1, -0.05) is 0 Å². The smallest absolute Gasteiger partial charge is 0.323 e. The second-order valence-electron chi connectivity index (χ2n) is 3.60. The maximum absolute atomic E-state index is 11.7. The normalized spacial score (nSPS) is 10.1. The van der Waals surface area contributed by atoms with Crippen LogP contribution in [0.15, 0.2) is 34.0 Å². The van der Waals surface area contributed by atoms with E-state index in [2.05, 4.69) is 10.3 Å². The number of nitrogens with zero attached hydrogens (tertiary/aromatic N) is 2. The number of aliphatic carboxylic acids is 1. The molecular weight excluding hydrogens is 270 g/mol. The van der Waals surface area contributed by atoms with Crippen molar-refractivity contribution in [3.05, 3.63) is 45.3 Å². The number of nitrogens with one attached hydrogen (secondary N) is 1. The SMILES string of the molecule is O=C(O)Cn1ccc(NC(=O)c2cscn2)cc1=O. The zero-order valence-corrected chi connectivity index (χ0v) is 10.4. The first-order valence-corrected chi connectivity index (χ1v) is 6.12. The van der Waals surface area contributed by atoms with E-state index >= 15 is 0 Å². The summed E-state index contributed by atoms with van der Waals surface area (Å²) in [5, 5.41) is 12.7. The molecule has 19 heavy (non-hydrogen) atoms. The molecule has 0 aliphatic rings. The molecule has 1 amide bonds. The van der Waals surface area contributed by atoms with Gasteiger partial charge in [-0.3, -0.25) is 14.4 Å². The van der Waals surface area contributed by atoms with Crippen molar-refractivity contribution in [2.45, 2.75) is 6.54 Å². The van der Waals surface area contributed by atoms with Gasteiger partial charge in [0.25, 0.3) is 11.5 Å². The summed E-state index contributed by atoms with van der Waals surface area (Å²) in [7, 11) is 0. The Kier molecular flexibility index (Phi) is 3.71. The molecule has 0 spiro atoms. The quantitative estimate of drug-likeness (QED) is 0.855. The number of anilines is 1. The van der Waals surface area contributed by atoms with E-state index in [0.717, 1.165) is 10.6 Å². The van der Waals surface area contributed by atoms with Gasteiger partial charge in [-0.15, -0.1) is 11.3 Å². The number of carbonyl (C=O) groups excluding carboxylic acids is 1. The van der Waals surface area contributed by atoms with E-state index in [9.17, 15) is 14.4 Å². The zero-order chi connectivity index (χ0) is 13.8. The average molecular weight is 279 g/mol. The molecule has 2 aromatic rings. The highest BCUT2D eigenvalue weighted by Crippen LogP contribution is 2.07. The Balaban J connectivity index is 2.14. The summed E-state index contributed by atoms with van der Waals surface area (Å²) in [4.78, 5) is 37.6. The third kappa shape index (κ3) is 3.26. The molecule has 0 atom stereocenters. The van der Waals surface area contributed by atoms with Gasteiger partial charge in [-0.05, 0) is 6.07 Å². The van der Waals surface area contributed by atoms with Gasteiger partial charge in [-0.25, -0.2) is 4.98 Å². The molecule has 0 saturated carbocycles. The summed E-state index contributed by atoms with van der Waals surface area (Å²) in [6.07, 6.45) is 1.31. The van der Waals surface area contributed by atoms with Crippen LogP contribution in [0.2, 0.25) is 0 Å². The Labute approximate surface area is 111 Å². The van der Waals surface area contributed by atoms with E-state index < -0.39 is 24.0 Å². The molecule has 0 unspecified atom stereocenters. The molecule has 2 rings (SSSR count). The molecule has 0 radical (unpaired) electrons. The standard InChI is InChI=1S/C11H9N3O4S/c15-9-3-7(1-2-14(9)4-10(16)17)13-11(18)8-5-19-6-12-8/h1-3,5-6H,4H2,(H,13,18)(H,16,17). The summed E-state index contributed by atoms with van der Waals surface area (Å²) in [5.41, 5.74) is 1.59. The fourth-order valence-electron chi connectivity index (χ4n) is 1.38. The minimum Gasteiger partial charge on any atom is -0.480 e. The third-order valence-corrected chi connectivity index (χ3v) is 2.81. The van der Waals surface area contributed by atoms with Gasteiger partial charge in [0, 0.05) is 23.3 Å². The van der Waals surface area contributed by atoms with Crippen molar-refractivity contribution in [1.29, 1.82) is 0 Å². The number of rotatable bonds is 4. The Bertz CT molecular complexity index is 663. The van der Waals surface area contributed by atoms with E-state index in [1.807, 2.05) is 0 Å². The number of hydrogen-bond donors (Lipinski definition) is 2. The lowest BCUT2D eigenvalue weighted by Crippen LogP contribution is -2.24. The molecule has 0 saturated heterocycles. The molecule has 0 aliphatic carbocycles. The highest BCUT2D eigenvalue weighted by atomic mass is 32.1. The van der Waals surface area contributed by atoms with Gasteiger partial charge in [-0.2, -0.15) is 0 Å². The maximum atomic E-state index is 11.7. The van der Waals surface area contributed by atoms with Crippen molar-refractivity contribution >= 4 is 28.9 Å². The van der Waals surface area contributed by atoms with E-state index in [1.165, 1.54) is 29.1 Å². The van der Waals surface area contributed by atoms with Crippen molar-refractivity contribution in [2.75, 3.05) is 5.32 Å².